The summed E-state index contributed by atoms with van der Waals surface area (Å²) in [4.78, 5) is 11.8. The van der Waals surface area contributed by atoms with E-state index in [0.717, 1.165) is 6.42 Å². The van der Waals surface area contributed by atoms with Gasteiger partial charge in [0.25, 0.3) is 0 Å². The first-order valence-electron chi connectivity index (χ1n) is 7.31. The molecule has 0 aromatic rings. The molecule has 1 aliphatic carbocycles. The lowest BCUT2D eigenvalue weighted by Crippen LogP contribution is -2.36. The first-order valence-corrected chi connectivity index (χ1v) is 7.31. The quantitative estimate of drug-likeness (QED) is 0.539. The molecule has 0 aliphatic heterocycles. The largest absolute Gasteiger partial charge is 0.462 e. The van der Waals surface area contributed by atoms with Gasteiger partial charge in [0.2, 0.25) is 0 Å². The van der Waals surface area contributed by atoms with E-state index in [1.807, 2.05) is 6.92 Å². The van der Waals surface area contributed by atoms with Gasteiger partial charge in [-0.05, 0) is 37.5 Å². The number of rotatable bonds is 6. The molecular formula is C15H28O3. The molecule has 0 spiro atoms. The normalized spacial score (nSPS) is 28.4. The molecule has 3 nitrogen and oxygen atoms in total. The van der Waals surface area contributed by atoms with E-state index in [1.165, 1.54) is 12.8 Å². The molecule has 106 valence electrons. The lowest BCUT2D eigenvalue weighted by molar-refractivity contribution is -0.157. The monoisotopic (exact) mass is 256 g/mol. The third kappa shape index (κ3) is 4.97. The Morgan fingerprint density at radius 1 is 1.33 bits per heavy atom. The third-order valence-corrected chi connectivity index (χ3v) is 3.90. The van der Waals surface area contributed by atoms with Crippen LogP contribution in [0.1, 0.15) is 53.4 Å². The topological polar surface area (TPSA) is 35.5 Å². The molecule has 1 aliphatic rings. The Hall–Kier alpha value is -0.570. The van der Waals surface area contributed by atoms with E-state index in [4.69, 9.17) is 9.47 Å². The SMILES string of the molecule is CCOCCC(=O)OC1CC(C)CCC1C(C)C. The summed E-state index contributed by atoms with van der Waals surface area (Å²) < 4.78 is 10.9. The molecule has 0 amide bonds. The van der Waals surface area contributed by atoms with Crippen molar-refractivity contribution < 1.29 is 14.3 Å². The van der Waals surface area contributed by atoms with Crippen LogP contribution in [0, 0.1) is 17.8 Å². The highest BCUT2D eigenvalue weighted by molar-refractivity contribution is 5.69. The predicted molar refractivity (Wildman–Crippen MR) is 72.3 cm³/mol. The van der Waals surface area contributed by atoms with Gasteiger partial charge >= 0.3 is 5.97 Å². The number of esters is 1. The van der Waals surface area contributed by atoms with Crippen LogP contribution in [0.4, 0.5) is 0 Å². The van der Waals surface area contributed by atoms with Crippen LogP contribution in [0.2, 0.25) is 0 Å². The van der Waals surface area contributed by atoms with Crippen molar-refractivity contribution in [1.82, 2.24) is 0 Å². The molecule has 3 unspecified atom stereocenters. The number of carbonyl (C=O) groups excluding carboxylic acids is 1. The van der Waals surface area contributed by atoms with E-state index in [9.17, 15) is 4.79 Å². The van der Waals surface area contributed by atoms with Gasteiger partial charge in [-0.3, -0.25) is 4.79 Å². The van der Waals surface area contributed by atoms with Gasteiger partial charge < -0.3 is 9.47 Å². The molecule has 1 fully saturated rings. The summed E-state index contributed by atoms with van der Waals surface area (Å²) in [5.74, 6) is 1.68. The van der Waals surface area contributed by atoms with Crippen LogP contribution in [0.5, 0.6) is 0 Å². The summed E-state index contributed by atoms with van der Waals surface area (Å²) in [7, 11) is 0. The van der Waals surface area contributed by atoms with E-state index in [1.54, 1.807) is 0 Å². The van der Waals surface area contributed by atoms with Crippen LogP contribution < -0.4 is 0 Å². The van der Waals surface area contributed by atoms with E-state index < -0.39 is 0 Å². The van der Waals surface area contributed by atoms with Crippen molar-refractivity contribution in [3.63, 3.8) is 0 Å². The van der Waals surface area contributed by atoms with Crippen molar-refractivity contribution in [3.05, 3.63) is 0 Å². The summed E-state index contributed by atoms with van der Waals surface area (Å²) in [6, 6.07) is 0. The second kappa shape index (κ2) is 7.78. The summed E-state index contributed by atoms with van der Waals surface area (Å²) in [5.41, 5.74) is 0. The van der Waals surface area contributed by atoms with Crippen LogP contribution >= 0.6 is 0 Å². The van der Waals surface area contributed by atoms with Crippen molar-refractivity contribution in [2.75, 3.05) is 13.2 Å². The highest BCUT2D eigenvalue weighted by atomic mass is 16.5. The van der Waals surface area contributed by atoms with E-state index in [0.29, 0.717) is 37.4 Å². The highest BCUT2D eigenvalue weighted by Gasteiger charge is 2.33. The van der Waals surface area contributed by atoms with Gasteiger partial charge in [-0.15, -0.1) is 0 Å². The van der Waals surface area contributed by atoms with Crippen molar-refractivity contribution in [3.8, 4) is 0 Å². The Morgan fingerprint density at radius 3 is 2.67 bits per heavy atom. The van der Waals surface area contributed by atoms with Gasteiger partial charge in [0, 0.05) is 6.61 Å². The smallest absolute Gasteiger partial charge is 0.308 e. The molecule has 0 heterocycles. The van der Waals surface area contributed by atoms with E-state index in [2.05, 4.69) is 20.8 Å². The Balaban J connectivity index is 2.42. The number of ether oxygens (including phenoxy) is 2. The molecule has 3 atom stereocenters. The lowest BCUT2D eigenvalue weighted by Gasteiger charge is -2.36. The maximum Gasteiger partial charge on any atom is 0.308 e. The van der Waals surface area contributed by atoms with Crippen molar-refractivity contribution >= 4 is 5.97 Å². The third-order valence-electron chi connectivity index (χ3n) is 3.90. The summed E-state index contributed by atoms with van der Waals surface area (Å²) in [6.45, 7) is 9.76. The average Bonchev–Trinajstić information content (AvgIpc) is 2.29. The Morgan fingerprint density at radius 2 is 2.06 bits per heavy atom. The van der Waals surface area contributed by atoms with Crippen molar-refractivity contribution in [2.45, 2.75) is 59.5 Å². The molecule has 0 bridgehead atoms. The summed E-state index contributed by atoms with van der Waals surface area (Å²) in [5, 5.41) is 0. The highest BCUT2D eigenvalue weighted by Crippen LogP contribution is 2.35. The van der Waals surface area contributed by atoms with Crippen molar-refractivity contribution in [1.29, 1.82) is 0 Å². The molecule has 1 saturated carbocycles. The number of hydrogen-bond acceptors (Lipinski definition) is 3. The summed E-state index contributed by atoms with van der Waals surface area (Å²) >= 11 is 0. The fraction of sp³-hybridized carbons (Fsp3) is 0.933. The number of hydrogen-bond donors (Lipinski definition) is 0. The Labute approximate surface area is 111 Å². The van der Waals surface area contributed by atoms with Crippen LogP contribution in [0.3, 0.4) is 0 Å². The zero-order chi connectivity index (χ0) is 13.5. The molecule has 0 aromatic carbocycles. The van der Waals surface area contributed by atoms with Crippen molar-refractivity contribution in [2.24, 2.45) is 17.8 Å². The van der Waals surface area contributed by atoms with Crippen LogP contribution in [0.25, 0.3) is 0 Å². The fourth-order valence-corrected chi connectivity index (χ4v) is 2.78. The molecule has 1 rings (SSSR count). The first-order chi connectivity index (χ1) is 8.54. The fourth-order valence-electron chi connectivity index (χ4n) is 2.78. The predicted octanol–water partition coefficient (Wildman–Crippen LogP) is 3.42. The molecule has 0 N–H and O–H groups in total. The molecule has 0 saturated heterocycles. The Bertz CT molecular complexity index is 250. The van der Waals surface area contributed by atoms with E-state index >= 15 is 0 Å². The molecular weight excluding hydrogens is 228 g/mol. The van der Waals surface area contributed by atoms with Gasteiger partial charge in [-0.2, -0.15) is 0 Å². The van der Waals surface area contributed by atoms with Gasteiger partial charge in [-0.1, -0.05) is 27.2 Å². The van der Waals surface area contributed by atoms with Gasteiger partial charge in [0.05, 0.1) is 13.0 Å². The van der Waals surface area contributed by atoms with Gasteiger partial charge in [-0.25, -0.2) is 0 Å². The molecule has 18 heavy (non-hydrogen) atoms. The zero-order valence-electron chi connectivity index (χ0n) is 12.3. The maximum atomic E-state index is 11.8. The van der Waals surface area contributed by atoms with E-state index in [-0.39, 0.29) is 12.1 Å². The minimum Gasteiger partial charge on any atom is -0.462 e. The lowest BCUT2D eigenvalue weighted by atomic mass is 9.75. The van der Waals surface area contributed by atoms with Crippen LogP contribution in [-0.4, -0.2) is 25.3 Å². The maximum absolute atomic E-state index is 11.8. The van der Waals surface area contributed by atoms with Gasteiger partial charge in [0.15, 0.2) is 0 Å². The number of carbonyl (C=O) groups is 1. The molecule has 0 radical (unpaired) electrons. The van der Waals surface area contributed by atoms with Crippen LogP contribution in [0.15, 0.2) is 0 Å². The average molecular weight is 256 g/mol. The Kier molecular flexibility index (Phi) is 6.69. The summed E-state index contributed by atoms with van der Waals surface area (Å²) in [6.07, 6.45) is 3.95. The van der Waals surface area contributed by atoms with Crippen LogP contribution in [-0.2, 0) is 14.3 Å². The first kappa shape index (κ1) is 15.5. The minimum atomic E-state index is -0.104. The standard InChI is InChI=1S/C15H28O3/c1-5-17-9-8-15(16)18-14-10-12(4)6-7-13(14)11(2)3/h11-14H,5-10H2,1-4H3. The second-order valence-corrected chi connectivity index (χ2v) is 5.80. The second-order valence-electron chi connectivity index (χ2n) is 5.80. The minimum absolute atomic E-state index is 0.104. The molecule has 0 aromatic heterocycles. The molecule has 3 heteroatoms. The zero-order valence-corrected chi connectivity index (χ0v) is 12.3. The van der Waals surface area contributed by atoms with Gasteiger partial charge in [0.1, 0.15) is 6.10 Å².